The second-order valence-electron chi connectivity index (χ2n) is 22.8. The molecule has 0 aromatic carbocycles. The second-order valence-corrected chi connectivity index (χ2v) is 22.8. The van der Waals surface area contributed by atoms with Crippen molar-refractivity contribution >= 4 is 0 Å². The third kappa shape index (κ3) is 7.48. The zero-order valence-electron chi connectivity index (χ0n) is 38.1. The molecular formula is C48H88N6. The van der Waals surface area contributed by atoms with Crippen LogP contribution in [0.1, 0.15) is 135 Å². The van der Waals surface area contributed by atoms with E-state index >= 15 is 0 Å². The lowest BCUT2D eigenvalue weighted by Crippen LogP contribution is -2.72. The zero-order valence-corrected chi connectivity index (χ0v) is 38.1. The molecule has 54 heavy (non-hydrogen) atoms. The maximum Gasteiger partial charge on any atom is 0.0220 e. The summed E-state index contributed by atoms with van der Waals surface area (Å²) in [5.74, 6) is 3.93. The predicted molar refractivity (Wildman–Crippen MR) is 230 cm³/mol. The fourth-order valence-corrected chi connectivity index (χ4v) is 13.6. The Morgan fingerprint density at radius 3 is 1.57 bits per heavy atom. The van der Waals surface area contributed by atoms with Crippen molar-refractivity contribution in [3.8, 4) is 0 Å². The molecule has 6 aliphatic heterocycles. The summed E-state index contributed by atoms with van der Waals surface area (Å²) in [6.45, 7) is 48.9. The van der Waals surface area contributed by atoms with Crippen LogP contribution in [-0.4, -0.2) is 144 Å². The number of piperidine rings is 3. The van der Waals surface area contributed by atoms with Crippen molar-refractivity contribution < 1.29 is 0 Å². The van der Waals surface area contributed by atoms with E-state index in [1.807, 2.05) is 5.57 Å². The van der Waals surface area contributed by atoms with E-state index in [9.17, 15) is 0 Å². The van der Waals surface area contributed by atoms with Crippen LogP contribution in [0, 0.1) is 45.8 Å². The Morgan fingerprint density at radius 2 is 1.06 bits per heavy atom. The van der Waals surface area contributed by atoms with Crippen molar-refractivity contribution in [3.05, 3.63) is 11.1 Å². The minimum absolute atomic E-state index is 0.467. The van der Waals surface area contributed by atoms with Crippen molar-refractivity contribution in [2.24, 2.45) is 45.8 Å². The molecule has 310 valence electrons. The van der Waals surface area contributed by atoms with Gasteiger partial charge in [0, 0.05) is 111 Å². The number of likely N-dealkylation sites (tertiary alicyclic amines) is 5. The Morgan fingerprint density at radius 1 is 0.519 bits per heavy atom. The van der Waals surface area contributed by atoms with Crippen molar-refractivity contribution in [2.45, 2.75) is 178 Å². The maximum atomic E-state index is 3.04. The summed E-state index contributed by atoms with van der Waals surface area (Å²) >= 11 is 0. The fourth-order valence-electron chi connectivity index (χ4n) is 13.6. The van der Waals surface area contributed by atoms with Gasteiger partial charge in [0.1, 0.15) is 0 Å². The average Bonchev–Trinajstić information content (AvgIpc) is 3.53. The Hall–Kier alpha value is -0.500. The van der Waals surface area contributed by atoms with Crippen LogP contribution < -0.4 is 0 Å². The molecule has 0 radical (unpaired) electrons. The average molecular weight is 749 g/mol. The molecule has 1 saturated carbocycles. The van der Waals surface area contributed by atoms with Crippen LogP contribution in [0.4, 0.5) is 0 Å². The number of hydrogen-bond acceptors (Lipinski definition) is 6. The third-order valence-electron chi connectivity index (χ3n) is 18.0. The van der Waals surface area contributed by atoms with Crippen molar-refractivity contribution in [1.82, 2.24) is 29.4 Å². The van der Waals surface area contributed by atoms with Gasteiger partial charge in [-0.3, -0.25) is 29.4 Å². The summed E-state index contributed by atoms with van der Waals surface area (Å²) in [7, 11) is 0. The summed E-state index contributed by atoms with van der Waals surface area (Å²) < 4.78 is 0. The summed E-state index contributed by atoms with van der Waals surface area (Å²) in [5.41, 5.74) is 5.22. The van der Waals surface area contributed by atoms with Gasteiger partial charge in [-0.2, -0.15) is 0 Å². The highest BCUT2D eigenvalue weighted by Crippen LogP contribution is 2.59. The standard InChI is InChI=1S/C48H88N6/c1-32(2)40-21-46(22-40)15-20-54(37(11)12)45(23-46)44-27-50(19-17-48(44)30-53(31-48)36(9)10)39(14)38(13)49-18-16-47(28-52(29-47)35(7)8)43(26-49)42-25-51(34(5)6)24-41(42)33(3)4/h32-40,43-45H,15-31H2,1-14H3. The highest BCUT2D eigenvalue weighted by atomic mass is 15.3. The van der Waals surface area contributed by atoms with E-state index in [0.717, 1.165) is 23.8 Å². The van der Waals surface area contributed by atoms with Gasteiger partial charge in [-0.15, -0.1) is 0 Å². The number of hydrogen-bond donors (Lipinski definition) is 0. The minimum Gasteiger partial charge on any atom is -0.300 e. The first-order chi connectivity index (χ1) is 25.4. The van der Waals surface area contributed by atoms with E-state index in [1.165, 1.54) is 111 Å². The van der Waals surface area contributed by atoms with Crippen LogP contribution in [0.3, 0.4) is 0 Å². The van der Waals surface area contributed by atoms with Gasteiger partial charge < -0.3 is 0 Å². The summed E-state index contributed by atoms with van der Waals surface area (Å²) in [6.07, 6.45) is 8.67. The minimum atomic E-state index is 0.467. The molecule has 5 atom stereocenters. The second kappa shape index (κ2) is 15.6. The van der Waals surface area contributed by atoms with E-state index in [1.54, 1.807) is 5.57 Å². The molecule has 1 aliphatic carbocycles. The van der Waals surface area contributed by atoms with Crippen molar-refractivity contribution in [2.75, 3.05) is 72.0 Å². The molecule has 6 fully saturated rings. The zero-order chi connectivity index (χ0) is 39.1. The van der Waals surface area contributed by atoms with Gasteiger partial charge in [-0.1, -0.05) is 38.8 Å². The topological polar surface area (TPSA) is 19.4 Å². The quantitative estimate of drug-likeness (QED) is 0.196. The van der Waals surface area contributed by atoms with E-state index < -0.39 is 0 Å². The van der Waals surface area contributed by atoms with Crippen molar-refractivity contribution in [3.63, 3.8) is 0 Å². The van der Waals surface area contributed by atoms with E-state index in [0.29, 0.717) is 64.3 Å². The van der Waals surface area contributed by atoms with Crippen LogP contribution in [0.2, 0.25) is 0 Å². The van der Waals surface area contributed by atoms with Gasteiger partial charge in [-0.05, 0) is 156 Å². The summed E-state index contributed by atoms with van der Waals surface area (Å²) in [6, 6.07) is 4.49. The molecule has 6 heterocycles. The largest absolute Gasteiger partial charge is 0.300 e. The van der Waals surface area contributed by atoms with Gasteiger partial charge in [0.25, 0.3) is 0 Å². The molecule has 5 saturated heterocycles. The molecule has 7 rings (SSSR count). The number of rotatable bonds is 11. The Bertz CT molecular complexity index is 1310. The fraction of sp³-hybridized carbons (Fsp3) is 0.958. The first kappa shape index (κ1) is 41.7. The monoisotopic (exact) mass is 749 g/mol. The Labute approximate surface area is 335 Å². The first-order valence-corrected chi connectivity index (χ1v) is 23.6. The summed E-state index contributed by atoms with van der Waals surface area (Å²) in [5, 5.41) is 0. The molecule has 0 bridgehead atoms. The molecule has 6 heteroatoms. The molecule has 3 spiro atoms. The lowest BCUT2D eigenvalue weighted by molar-refractivity contribution is -0.163. The smallest absolute Gasteiger partial charge is 0.0220 e. The van der Waals surface area contributed by atoms with Crippen LogP contribution in [0.15, 0.2) is 11.1 Å². The molecule has 0 aromatic rings. The van der Waals surface area contributed by atoms with Gasteiger partial charge >= 0.3 is 0 Å². The molecule has 0 aromatic heterocycles. The normalized spacial score (nSPS) is 35.8. The molecule has 0 amide bonds. The molecule has 6 nitrogen and oxygen atoms in total. The van der Waals surface area contributed by atoms with Crippen LogP contribution in [-0.2, 0) is 0 Å². The Kier molecular flexibility index (Phi) is 12.0. The first-order valence-electron chi connectivity index (χ1n) is 23.6. The van der Waals surface area contributed by atoms with Gasteiger partial charge in [0.2, 0.25) is 0 Å². The SMILES string of the molecule is CC(C)C1=C(C2CN(C(C)C(C)N3CCC4(CN(C(C)C)C4)C(C4CC5(CCN4C(C)C)CC(C(C)C)C5)C3)CCC23CN(C(C)C)C3)CN(C(C)C)C1. The lowest BCUT2D eigenvalue weighted by atomic mass is 9.51. The van der Waals surface area contributed by atoms with Gasteiger partial charge in [0.15, 0.2) is 0 Å². The predicted octanol–water partition coefficient (Wildman–Crippen LogP) is 8.43. The lowest BCUT2D eigenvalue weighted by Gasteiger charge is -2.66. The van der Waals surface area contributed by atoms with Gasteiger partial charge in [0.05, 0.1) is 0 Å². The van der Waals surface area contributed by atoms with E-state index in [4.69, 9.17) is 0 Å². The van der Waals surface area contributed by atoms with Gasteiger partial charge in [-0.25, -0.2) is 0 Å². The highest BCUT2D eigenvalue weighted by molar-refractivity contribution is 5.31. The van der Waals surface area contributed by atoms with E-state index in [2.05, 4.69) is 126 Å². The van der Waals surface area contributed by atoms with Crippen LogP contribution in [0.25, 0.3) is 0 Å². The highest BCUT2D eigenvalue weighted by Gasteiger charge is 2.60. The van der Waals surface area contributed by atoms with Crippen molar-refractivity contribution in [1.29, 1.82) is 0 Å². The Balaban J connectivity index is 1.12. The van der Waals surface area contributed by atoms with Crippen LogP contribution in [0.5, 0.6) is 0 Å². The molecule has 0 N–H and O–H groups in total. The molecule has 7 aliphatic rings. The van der Waals surface area contributed by atoms with E-state index in [-0.39, 0.29) is 0 Å². The molecule has 5 unspecified atom stereocenters. The summed E-state index contributed by atoms with van der Waals surface area (Å²) in [4.78, 5) is 17.4. The third-order valence-corrected chi connectivity index (χ3v) is 18.0. The molecular weight excluding hydrogens is 661 g/mol. The maximum absolute atomic E-state index is 3.04. The van der Waals surface area contributed by atoms with Crippen LogP contribution >= 0.6 is 0 Å². The number of nitrogens with zero attached hydrogens (tertiary/aromatic N) is 6.